The van der Waals surface area contributed by atoms with Crippen molar-refractivity contribution in [3.8, 4) is 0 Å². The number of nitrogens with zero attached hydrogens (tertiary/aromatic N) is 1. The molecule has 1 aromatic carbocycles. The van der Waals surface area contributed by atoms with Gasteiger partial charge in [-0.25, -0.2) is 0 Å². The molecular formula is C15H20BrNO3. The average molecular weight is 342 g/mol. The lowest BCUT2D eigenvalue weighted by molar-refractivity contribution is -0.143. The van der Waals surface area contributed by atoms with Gasteiger partial charge in [-0.2, -0.15) is 0 Å². The monoisotopic (exact) mass is 341 g/mol. The highest BCUT2D eigenvalue weighted by atomic mass is 79.9. The average Bonchev–Trinajstić information content (AvgIpc) is 2.43. The number of carbonyl (C=O) groups is 2. The number of hydrogen-bond acceptors (Lipinski definition) is 3. The van der Waals surface area contributed by atoms with Crippen molar-refractivity contribution in [2.45, 2.75) is 26.7 Å². The number of hydrogen-bond donors (Lipinski definition) is 0. The van der Waals surface area contributed by atoms with Crippen LogP contribution in [0.5, 0.6) is 0 Å². The van der Waals surface area contributed by atoms with Crippen LogP contribution in [-0.2, 0) is 9.53 Å². The van der Waals surface area contributed by atoms with Crippen molar-refractivity contribution >= 4 is 27.8 Å². The first-order valence-electron chi connectivity index (χ1n) is 6.79. The van der Waals surface area contributed by atoms with E-state index in [2.05, 4.69) is 15.9 Å². The van der Waals surface area contributed by atoms with Crippen LogP contribution in [0, 0.1) is 0 Å². The van der Waals surface area contributed by atoms with Crippen molar-refractivity contribution in [3.05, 3.63) is 34.3 Å². The molecule has 1 aromatic rings. The predicted octanol–water partition coefficient (Wildman–Crippen LogP) is 3.25. The van der Waals surface area contributed by atoms with E-state index >= 15 is 0 Å². The maximum Gasteiger partial charge on any atom is 0.307 e. The molecule has 0 aliphatic rings. The fourth-order valence-corrected chi connectivity index (χ4v) is 2.25. The van der Waals surface area contributed by atoms with Crippen LogP contribution in [0.25, 0.3) is 0 Å². The lowest BCUT2D eigenvalue weighted by Gasteiger charge is -2.21. The second-order valence-electron chi connectivity index (χ2n) is 4.36. The maximum absolute atomic E-state index is 12.4. The Morgan fingerprint density at radius 1 is 1.25 bits per heavy atom. The van der Waals surface area contributed by atoms with Gasteiger partial charge in [-0.1, -0.05) is 28.9 Å². The molecule has 0 aliphatic carbocycles. The van der Waals surface area contributed by atoms with Gasteiger partial charge in [0.2, 0.25) is 0 Å². The summed E-state index contributed by atoms with van der Waals surface area (Å²) >= 11 is 3.36. The number of carbonyl (C=O) groups excluding carboxylic acids is 2. The number of esters is 1. The lowest BCUT2D eigenvalue weighted by atomic mass is 10.2. The van der Waals surface area contributed by atoms with Crippen molar-refractivity contribution < 1.29 is 14.3 Å². The van der Waals surface area contributed by atoms with Gasteiger partial charge in [-0.3, -0.25) is 9.59 Å². The minimum Gasteiger partial charge on any atom is -0.466 e. The molecule has 20 heavy (non-hydrogen) atoms. The summed E-state index contributed by atoms with van der Waals surface area (Å²) in [6, 6.07) is 7.27. The Bertz CT molecular complexity index is 462. The zero-order chi connectivity index (χ0) is 15.0. The second kappa shape index (κ2) is 8.74. The third kappa shape index (κ3) is 5.33. The van der Waals surface area contributed by atoms with Gasteiger partial charge in [0.05, 0.1) is 13.0 Å². The van der Waals surface area contributed by atoms with Gasteiger partial charge in [-0.15, -0.1) is 0 Å². The van der Waals surface area contributed by atoms with E-state index in [1.807, 2.05) is 19.1 Å². The summed E-state index contributed by atoms with van der Waals surface area (Å²) in [5.41, 5.74) is 0.622. The van der Waals surface area contributed by atoms with E-state index in [1.54, 1.807) is 24.0 Å². The van der Waals surface area contributed by atoms with Crippen LogP contribution >= 0.6 is 15.9 Å². The molecule has 0 saturated carbocycles. The molecule has 0 heterocycles. The van der Waals surface area contributed by atoms with Crippen molar-refractivity contribution in [2.75, 3.05) is 19.7 Å². The molecule has 0 bridgehead atoms. The highest BCUT2D eigenvalue weighted by molar-refractivity contribution is 9.10. The van der Waals surface area contributed by atoms with Crippen LogP contribution in [0.1, 0.15) is 37.0 Å². The van der Waals surface area contributed by atoms with Gasteiger partial charge in [0, 0.05) is 23.1 Å². The molecule has 0 N–H and O–H groups in total. The summed E-state index contributed by atoms with van der Waals surface area (Å²) in [6.07, 6.45) is 1.08. The molecule has 4 nitrogen and oxygen atoms in total. The molecule has 0 aromatic heterocycles. The van der Waals surface area contributed by atoms with Crippen LogP contribution in [0.15, 0.2) is 28.7 Å². The smallest absolute Gasteiger partial charge is 0.307 e. The van der Waals surface area contributed by atoms with Gasteiger partial charge in [0.25, 0.3) is 5.91 Å². The molecule has 0 fully saturated rings. The van der Waals surface area contributed by atoms with Gasteiger partial charge >= 0.3 is 5.97 Å². The van der Waals surface area contributed by atoms with Gasteiger partial charge < -0.3 is 9.64 Å². The standard InChI is InChI=1S/C15H20BrNO3/c1-3-9-17(10-8-14(18)20-4-2)15(19)12-6-5-7-13(16)11-12/h5-7,11H,3-4,8-10H2,1-2H3. The van der Waals surface area contributed by atoms with Gasteiger partial charge in [0.15, 0.2) is 0 Å². The highest BCUT2D eigenvalue weighted by Crippen LogP contribution is 2.14. The second-order valence-corrected chi connectivity index (χ2v) is 5.27. The topological polar surface area (TPSA) is 46.6 Å². The summed E-state index contributed by atoms with van der Waals surface area (Å²) in [4.78, 5) is 25.5. The van der Waals surface area contributed by atoms with Gasteiger partial charge in [-0.05, 0) is 31.5 Å². The Kier molecular flexibility index (Phi) is 7.30. The SMILES string of the molecule is CCCN(CCC(=O)OCC)C(=O)c1cccc(Br)c1. The number of benzene rings is 1. The van der Waals surface area contributed by atoms with E-state index in [-0.39, 0.29) is 18.3 Å². The van der Waals surface area contributed by atoms with Gasteiger partial charge in [0.1, 0.15) is 0 Å². The molecular weight excluding hydrogens is 322 g/mol. The van der Waals surface area contributed by atoms with Crippen molar-refractivity contribution in [3.63, 3.8) is 0 Å². The first kappa shape index (κ1) is 16.7. The van der Waals surface area contributed by atoms with E-state index in [1.165, 1.54) is 0 Å². The maximum atomic E-state index is 12.4. The van der Waals surface area contributed by atoms with E-state index < -0.39 is 0 Å². The molecule has 0 saturated heterocycles. The zero-order valence-electron chi connectivity index (χ0n) is 11.9. The summed E-state index contributed by atoms with van der Waals surface area (Å²) in [7, 11) is 0. The molecule has 1 rings (SSSR count). The molecule has 0 spiro atoms. The normalized spacial score (nSPS) is 10.2. The summed E-state index contributed by atoms with van der Waals surface area (Å²) in [5, 5.41) is 0. The van der Waals surface area contributed by atoms with Crippen LogP contribution in [0.2, 0.25) is 0 Å². The van der Waals surface area contributed by atoms with Crippen LogP contribution < -0.4 is 0 Å². The Morgan fingerprint density at radius 2 is 2.00 bits per heavy atom. The minimum absolute atomic E-state index is 0.0579. The van der Waals surface area contributed by atoms with E-state index in [9.17, 15) is 9.59 Å². The Balaban J connectivity index is 2.69. The summed E-state index contributed by atoms with van der Waals surface area (Å²) < 4.78 is 5.76. The number of ether oxygens (including phenoxy) is 1. The molecule has 0 radical (unpaired) electrons. The first-order valence-corrected chi connectivity index (χ1v) is 7.58. The molecule has 110 valence electrons. The third-order valence-electron chi connectivity index (χ3n) is 2.74. The van der Waals surface area contributed by atoms with Crippen LogP contribution in [0.3, 0.4) is 0 Å². The Labute approximate surface area is 128 Å². The summed E-state index contributed by atoms with van der Waals surface area (Å²) in [6.45, 7) is 5.16. The van der Waals surface area contributed by atoms with Crippen molar-refractivity contribution in [1.29, 1.82) is 0 Å². The van der Waals surface area contributed by atoms with Crippen molar-refractivity contribution in [1.82, 2.24) is 4.90 Å². The number of amides is 1. The van der Waals surface area contributed by atoms with Crippen molar-refractivity contribution in [2.24, 2.45) is 0 Å². The van der Waals surface area contributed by atoms with Crippen LogP contribution in [0.4, 0.5) is 0 Å². The predicted molar refractivity (Wildman–Crippen MR) is 81.6 cm³/mol. The largest absolute Gasteiger partial charge is 0.466 e. The number of rotatable bonds is 7. The quantitative estimate of drug-likeness (QED) is 0.715. The molecule has 0 aliphatic heterocycles. The Hall–Kier alpha value is -1.36. The summed E-state index contributed by atoms with van der Waals surface area (Å²) in [5.74, 6) is -0.326. The van der Waals surface area contributed by atoms with Crippen LogP contribution in [-0.4, -0.2) is 36.5 Å². The lowest BCUT2D eigenvalue weighted by Crippen LogP contribution is -2.34. The molecule has 0 atom stereocenters. The molecule has 5 heteroatoms. The minimum atomic E-state index is -0.268. The molecule has 0 unspecified atom stereocenters. The Morgan fingerprint density at radius 3 is 2.60 bits per heavy atom. The van der Waals surface area contributed by atoms with E-state index in [4.69, 9.17) is 4.74 Å². The van der Waals surface area contributed by atoms with E-state index in [0.717, 1.165) is 10.9 Å². The fraction of sp³-hybridized carbons (Fsp3) is 0.467. The van der Waals surface area contributed by atoms with E-state index in [0.29, 0.717) is 25.3 Å². The third-order valence-corrected chi connectivity index (χ3v) is 3.24. The molecule has 1 amide bonds. The number of halogens is 1. The zero-order valence-corrected chi connectivity index (χ0v) is 13.5. The fourth-order valence-electron chi connectivity index (χ4n) is 1.85. The first-order chi connectivity index (χ1) is 9.58. The highest BCUT2D eigenvalue weighted by Gasteiger charge is 2.16.